The first-order chi connectivity index (χ1) is 16.2. The Labute approximate surface area is 195 Å². The van der Waals surface area contributed by atoms with Crippen molar-refractivity contribution >= 4 is 40.2 Å². The predicted molar refractivity (Wildman–Crippen MR) is 135 cm³/mol. The molecular weight excluding hydrogens is 412 g/mol. The van der Waals surface area contributed by atoms with Gasteiger partial charge in [-0.3, -0.25) is 4.90 Å². The van der Waals surface area contributed by atoms with Gasteiger partial charge in [-0.25, -0.2) is 9.97 Å². The van der Waals surface area contributed by atoms with Gasteiger partial charge in [-0.1, -0.05) is 12.8 Å². The summed E-state index contributed by atoms with van der Waals surface area (Å²) < 4.78 is 0. The Balaban J connectivity index is 1.34. The van der Waals surface area contributed by atoms with Crippen molar-refractivity contribution in [2.45, 2.75) is 31.6 Å². The molecule has 1 aliphatic heterocycles. The Morgan fingerprint density at radius 3 is 2.48 bits per heavy atom. The monoisotopic (exact) mass is 444 g/mol. The first kappa shape index (κ1) is 21.6. The van der Waals surface area contributed by atoms with Gasteiger partial charge in [0.15, 0.2) is 0 Å². The van der Waals surface area contributed by atoms with E-state index in [2.05, 4.69) is 61.8 Å². The van der Waals surface area contributed by atoms with Gasteiger partial charge < -0.3 is 20.3 Å². The smallest absolute Gasteiger partial charge is 0.227 e. The molecule has 7 nitrogen and oxygen atoms in total. The predicted octanol–water partition coefficient (Wildman–Crippen LogP) is 4.39. The average molecular weight is 445 g/mol. The van der Waals surface area contributed by atoms with Gasteiger partial charge in [0.05, 0.1) is 12.1 Å². The van der Waals surface area contributed by atoms with Crippen LogP contribution in [0.1, 0.15) is 37.2 Å². The largest absolute Gasteiger partial charge is 0.388 e. The molecule has 0 amide bonds. The minimum absolute atomic E-state index is 0.529. The lowest BCUT2D eigenvalue weighted by Gasteiger charge is -2.35. The van der Waals surface area contributed by atoms with E-state index in [9.17, 15) is 4.79 Å². The third kappa shape index (κ3) is 4.64. The van der Waals surface area contributed by atoms with Gasteiger partial charge in [0.2, 0.25) is 5.95 Å². The quantitative estimate of drug-likeness (QED) is 0.524. The van der Waals surface area contributed by atoms with Gasteiger partial charge >= 0.3 is 0 Å². The molecule has 7 heteroatoms. The van der Waals surface area contributed by atoms with E-state index in [4.69, 9.17) is 4.98 Å². The Hall–Kier alpha value is -3.19. The molecule has 1 aliphatic carbocycles. The van der Waals surface area contributed by atoms with Gasteiger partial charge in [-0.15, -0.1) is 0 Å². The van der Waals surface area contributed by atoms with Crippen LogP contribution in [-0.2, 0) is 4.79 Å². The fourth-order valence-electron chi connectivity index (χ4n) is 5.20. The molecule has 5 rings (SSSR count). The maximum Gasteiger partial charge on any atom is 0.227 e. The number of hydrogen-bond donors (Lipinski definition) is 2. The van der Waals surface area contributed by atoms with E-state index < -0.39 is 0 Å². The van der Waals surface area contributed by atoms with Gasteiger partial charge in [0, 0.05) is 67.4 Å². The zero-order chi connectivity index (χ0) is 22.6. The highest BCUT2D eigenvalue weighted by molar-refractivity contribution is 5.88. The highest BCUT2D eigenvalue weighted by Gasteiger charge is 2.23. The normalized spacial score (nSPS) is 17.4. The molecule has 0 radical (unpaired) electrons. The van der Waals surface area contributed by atoms with Crippen LogP contribution in [0.3, 0.4) is 0 Å². The van der Waals surface area contributed by atoms with E-state index in [1.807, 2.05) is 13.2 Å². The van der Waals surface area contributed by atoms with Crippen LogP contribution >= 0.6 is 0 Å². The molecule has 2 N–H and O–H groups in total. The summed E-state index contributed by atoms with van der Waals surface area (Å²) in [6.07, 6.45) is 7.95. The number of hydrogen-bond acceptors (Lipinski definition) is 7. The van der Waals surface area contributed by atoms with E-state index >= 15 is 0 Å². The van der Waals surface area contributed by atoms with Crippen LogP contribution in [-0.4, -0.2) is 60.9 Å². The second-order valence-corrected chi connectivity index (χ2v) is 9.02. The zero-order valence-corrected chi connectivity index (χ0v) is 19.3. The lowest BCUT2D eigenvalue weighted by molar-refractivity contribution is -0.108. The van der Waals surface area contributed by atoms with Crippen LogP contribution in [0.25, 0.3) is 10.9 Å². The van der Waals surface area contributed by atoms with E-state index in [1.165, 1.54) is 42.6 Å². The van der Waals surface area contributed by atoms with Crippen LogP contribution in [0, 0.1) is 0 Å². The number of fused-ring (bicyclic) bond motifs is 1. The Morgan fingerprint density at radius 1 is 1.03 bits per heavy atom. The summed E-state index contributed by atoms with van der Waals surface area (Å²) in [7, 11) is 1.99. The number of aromatic nitrogens is 2. The van der Waals surface area contributed by atoms with E-state index in [-0.39, 0.29) is 0 Å². The summed E-state index contributed by atoms with van der Waals surface area (Å²) in [5, 5.41) is 7.86. The number of nitrogens with zero attached hydrogens (tertiary/aromatic N) is 4. The molecule has 1 saturated heterocycles. The minimum Gasteiger partial charge on any atom is -0.388 e. The summed E-state index contributed by atoms with van der Waals surface area (Å²) in [6.45, 7) is 4.24. The molecule has 1 saturated carbocycles. The molecule has 172 valence electrons. The van der Waals surface area contributed by atoms with Gasteiger partial charge in [-0.05, 0) is 55.2 Å². The van der Waals surface area contributed by atoms with E-state index in [0.29, 0.717) is 18.4 Å². The molecule has 2 aromatic carbocycles. The van der Waals surface area contributed by atoms with Crippen LogP contribution in [0.2, 0.25) is 0 Å². The molecule has 33 heavy (non-hydrogen) atoms. The van der Waals surface area contributed by atoms with E-state index in [1.54, 1.807) is 0 Å². The molecule has 2 aliphatic rings. The summed E-state index contributed by atoms with van der Waals surface area (Å²) in [5.41, 5.74) is 5.74. The van der Waals surface area contributed by atoms with Gasteiger partial charge in [0.25, 0.3) is 0 Å². The molecule has 0 atom stereocenters. The Kier molecular flexibility index (Phi) is 6.39. The number of anilines is 4. The number of carbonyl (C=O) groups excluding carboxylic acids is 1. The third-order valence-corrected chi connectivity index (χ3v) is 7.02. The number of piperazine rings is 1. The van der Waals surface area contributed by atoms with Gasteiger partial charge in [0.1, 0.15) is 6.29 Å². The van der Waals surface area contributed by atoms with Crippen molar-refractivity contribution in [2.75, 3.05) is 55.3 Å². The highest BCUT2D eigenvalue weighted by atomic mass is 16.1. The molecule has 0 bridgehead atoms. The van der Waals surface area contributed by atoms with Gasteiger partial charge in [-0.2, -0.15) is 0 Å². The van der Waals surface area contributed by atoms with Crippen molar-refractivity contribution in [1.82, 2.24) is 14.9 Å². The fourth-order valence-corrected chi connectivity index (χ4v) is 5.20. The lowest BCUT2D eigenvalue weighted by Crippen LogP contribution is -2.46. The number of aldehydes is 1. The van der Waals surface area contributed by atoms with Crippen molar-refractivity contribution in [1.29, 1.82) is 0 Å². The summed E-state index contributed by atoms with van der Waals surface area (Å²) >= 11 is 0. The highest BCUT2D eigenvalue weighted by Crippen LogP contribution is 2.41. The molecular formula is C26H32N6O. The van der Waals surface area contributed by atoms with Crippen LogP contribution in [0.15, 0.2) is 42.6 Å². The average Bonchev–Trinajstić information content (AvgIpc) is 3.39. The first-order valence-corrected chi connectivity index (χ1v) is 12.0. The third-order valence-electron chi connectivity index (χ3n) is 7.02. The standard InChI is InChI=1S/C26H32N6O/c1-27-23-11-6-20-18-28-26(30-25(20)24(23)19-4-2-3-5-19)29-21-7-9-22(10-8-21)32-14-12-31(13-15-32)16-17-33/h6-11,17-19,27H,2-5,12-16H2,1H3,(H,28,29,30). The van der Waals surface area contributed by atoms with Crippen molar-refractivity contribution < 1.29 is 4.79 Å². The van der Waals surface area contributed by atoms with Crippen molar-refractivity contribution in [3.8, 4) is 0 Å². The topological polar surface area (TPSA) is 73.4 Å². The second kappa shape index (κ2) is 9.75. The van der Waals surface area contributed by atoms with Crippen LogP contribution in [0.5, 0.6) is 0 Å². The van der Waals surface area contributed by atoms with Crippen LogP contribution < -0.4 is 15.5 Å². The van der Waals surface area contributed by atoms with Crippen molar-refractivity contribution in [3.63, 3.8) is 0 Å². The number of carbonyl (C=O) groups is 1. The Bertz CT molecular complexity index is 1100. The van der Waals surface area contributed by atoms with Crippen molar-refractivity contribution in [3.05, 3.63) is 48.2 Å². The summed E-state index contributed by atoms with van der Waals surface area (Å²) in [6, 6.07) is 12.7. The lowest BCUT2D eigenvalue weighted by atomic mass is 9.93. The second-order valence-electron chi connectivity index (χ2n) is 9.02. The molecule has 0 spiro atoms. The fraction of sp³-hybridized carbons (Fsp3) is 0.423. The van der Waals surface area contributed by atoms with Crippen molar-refractivity contribution in [2.24, 2.45) is 0 Å². The minimum atomic E-state index is 0.529. The molecule has 3 aromatic rings. The molecule has 1 aromatic heterocycles. The summed E-state index contributed by atoms with van der Waals surface area (Å²) in [5.74, 6) is 1.19. The maximum absolute atomic E-state index is 10.7. The number of rotatable bonds is 7. The molecule has 2 heterocycles. The zero-order valence-electron chi connectivity index (χ0n) is 19.3. The number of nitrogens with one attached hydrogen (secondary N) is 2. The molecule has 0 unspecified atom stereocenters. The number of benzene rings is 2. The Morgan fingerprint density at radius 2 is 1.79 bits per heavy atom. The molecule has 2 fully saturated rings. The first-order valence-electron chi connectivity index (χ1n) is 12.0. The van der Waals surface area contributed by atoms with Crippen LogP contribution in [0.4, 0.5) is 23.0 Å². The van der Waals surface area contributed by atoms with E-state index in [0.717, 1.165) is 49.1 Å². The SMILES string of the molecule is CNc1ccc2cnc(Nc3ccc(N4CCN(CC=O)CC4)cc3)nc2c1C1CCCC1. The maximum atomic E-state index is 10.7. The summed E-state index contributed by atoms with van der Waals surface area (Å²) in [4.78, 5) is 24.8.